The van der Waals surface area contributed by atoms with Crippen molar-refractivity contribution in [2.24, 2.45) is 0 Å². The summed E-state index contributed by atoms with van der Waals surface area (Å²) in [6, 6.07) is 0. The van der Waals surface area contributed by atoms with Crippen molar-refractivity contribution in [3.05, 3.63) is 16.0 Å². The Hall–Kier alpha value is -1.06. The van der Waals surface area contributed by atoms with Gasteiger partial charge in [0.1, 0.15) is 15.6 Å². The van der Waals surface area contributed by atoms with E-state index in [2.05, 4.69) is 15.2 Å². The van der Waals surface area contributed by atoms with E-state index in [9.17, 15) is 8.42 Å². The molecular formula is C8H9N3O3S3. The van der Waals surface area contributed by atoms with E-state index in [1.54, 1.807) is 6.92 Å². The minimum absolute atomic E-state index is 0.0562. The van der Waals surface area contributed by atoms with Crippen molar-refractivity contribution in [2.45, 2.75) is 12.7 Å². The van der Waals surface area contributed by atoms with Crippen LogP contribution in [0.25, 0.3) is 10.8 Å². The van der Waals surface area contributed by atoms with Crippen molar-refractivity contribution >= 4 is 33.4 Å². The summed E-state index contributed by atoms with van der Waals surface area (Å²) in [6.45, 7) is 1.61. The summed E-state index contributed by atoms with van der Waals surface area (Å²) in [6.07, 6.45) is 1.53. The van der Waals surface area contributed by atoms with Crippen LogP contribution in [-0.4, -0.2) is 29.4 Å². The topological polar surface area (TPSA) is 88.9 Å². The first kappa shape index (κ1) is 12.4. The van der Waals surface area contributed by atoms with E-state index in [0.717, 1.165) is 0 Å². The molecule has 0 saturated heterocycles. The average molecular weight is 291 g/mol. The number of sulfone groups is 1. The van der Waals surface area contributed by atoms with Gasteiger partial charge in [-0.15, -0.1) is 16.4 Å². The molecule has 0 aliphatic carbocycles. The minimum Gasteiger partial charge on any atom is -0.408 e. The summed E-state index contributed by atoms with van der Waals surface area (Å²) in [5.41, 5.74) is 0. The lowest BCUT2D eigenvalue weighted by molar-refractivity contribution is 0.553. The molecule has 92 valence electrons. The van der Waals surface area contributed by atoms with Crippen molar-refractivity contribution < 1.29 is 12.8 Å². The van der Waals surface area contributed by atoms with Crippen LogP contribution in [0, 0.1) is 4.84 Å². The highest BCUT2D eigenvalue weighted by Crippen LogP contribution is 2.25. The minimum atomic E-state index is -3.07. The smallest absolute Gasteiger partial charge is 0.284 e. The Kier molecular flexibility index (Phi) is 3.40. The zero-order valence-corrected chi connectivity index (χ0v) is 11.3. The van der Waals surface area contributed by atoms with E-state index < -0.39 is 9.84 Å². The fourth-order valence-corrected chi connectivity index (χ4v) is 3.29. The molecule has 2 aromatic heterocycles. The van der Waals surface area contributed by atoms with Crippen LogP contribution in [0.15, 0.2) is 10.6 Å². The van der Waals surface area contributed by atoms with E-state index in [1.807, 2.05) is 0 Å². The Morgan fingerprint density at radius 3 is 2.94 bits per heavy atom. The van der Waals surface area contributed by atoms with Gasteiger partial charge in [-0.05, 0) is 12.2 Å². The Morgan fingerprint density at radius 1 is 1.59 bits per heavy atom. The molecule has 0 fully saturated rings. The van der Waals surface area contributed by atoms with Crippen LogP contribution >= 0.6 is 23.6 Å². The quantitative estimate of drug-likeness (QED) is 0.864. The fraction of sp³-hybridized carbons (Fsp3) is 0.375. The number of aromatic nitrogens is 3. The summed E-state index contributed by atoms with van der Waals surface area (Å²) in [4.78, 5) is 4.85. The van der Waals surface area contributed by atoms with Gasteiger partial charge in [-0.2, -0.15) is 0 Å². The Balaban J connectivity index is 2.25. The average Bonchev–Trinajstić information content (AvgIpc) is 2.86. The van der Waals surface area contributed by atoms with E-state index in [0.29, 0.717) is 15.8 Å². The number of nitrogens with one attached hydrogen (secondary N) is 1. The molecule has 0 saturated carbocycles. The van der Waals surface area contributed by atoms with Gasteiger partial charge in [0, 0.05) is 5.75 Å². The molecule has 0 bridgehead atoms. The van der Waals surface area contributed by atoms with Gasteiger partial charge >= 0.3 is 0 Å². The maximum Gasteiger partial charge on any atom is 0.284 e. The maximum absolute atomic E-state index is 11.4. The third-order valence-electron chi connectivity index (χ3n) is 1.99. The van der Waals surface area contributed by atoms with Crippen LogP contribution in [0.1, 0.15) is 11.9 Å². The summed E-state index contributed by atoms with van der Waals surface area (Å²) < 4.78 is 28.0. The highest BCUT2D eigenvalue weighted by Gasteiger charge is 2.14. The molecule has 0 aromatic carbocycles. The molecule has 0 aliphatic rings. The van der Waals surface area contributed by atoms with Gasteiger partial charge in [0.15, 0.2) is 9.84 Å². The first-order chi connectivity index (χ1) is 8.00. The molecule has 0 unspecified atom stereocenters. The van der Waals surface area contributed by atoms with E-state index >= 15 is 0 Å². The predicted molar refractivity (Wildman–Crippen MR) is 66.0 cm³/mol. The van der Waals surface area contributed by atoms with Crippen molar-refractivity contribution in [1.29, 1.82) is 0 Å². The first-order valence-corrected chi connectivity index (χ1v) is 7.76. The van der Waals surface area contributed by atoms with Crippen LogP contribution in [0.3, 0.4) is 0 Å². The lowest BCUT2D eigenvalue weighted by Gasteiger charge is -1.95. The second-order valence-electron chi connectivity index (χ2n) is 3.21. The number of hydrogen-bond acceptors (Lipinski definition) is 7. The van der Waals surface area contributed by atoms with Crippen molar-refractivity contribution in [1.82, 2.24) is 15.2 Å². The number of thiazole rings is 1. The molecule has 1 N–H and O–H groups in total. The zero-order chi connectivity index (χ0) is 12.5. The van der Waals surface area contributed by atoms with Crippen LogP contribution in [-0.2, 0) is 15.6 Å². The molecule has 0 radical (unpaired) electrons. The highest BCUT2D eigenvalue weighted by atomic mass is 32.2. The highest BCUT2D eigenvalue weighted by molar-refractivity contribution is 7.90. The molecule has 17 heavy (non-hydrogen) atoms. The van der Waals surface area contributed by atoms with Gasteiger partial charge in [0.25, 0.3) is 10.7 Å². The standard InChI is InChI=1S/C8H9N3O3S3/c1-2-17(12,13)4-6-9-3-5(16-6)7-10-11-8(15)14-7/h3H,2,4H2,1H3,(H,11,15). The summed E-state index contributed by atoms with van der Waals surface area (Å²) in [5, 5.41) is 6.86. The Morgan fingerprint density at radius 2 is 2.35 bits per heavy atom. The summed E-state index contributed by atoms with van der Waals surface area (Å²) in [5.74, 6) is 0.372. The molecule has 0 atom stereocenters. The molecule has 9 heteroatoms. The van der Waals surface area contributed by atoms with E-state index in [4.69, 9.17) is 16.6 Å². The second-order valence-corrected chi connectivity index (χ2v) is 7.05. The fourth-order valence-electron chi connectivity index (χ4n) is 1.10. The lowest BCUT2D eigenvalue weighted by Crippen LogP contribution is -2.05. The molecule has 0 amide bonds. The third kappa shape index (κ3) is 2.99. The van der Waals surface area contributed by atoms with Crippen LogP contribution in [0.4, 0.5) is 0 Å². The van der Waals surface area contributed by atoms with Gasteiger partial charge in [0.2, 0.25) is 0 Å². The van der Waals surface area contributed by atoms with E-state index in [1.165, 1.54) is 17.5 Å². The number of rotatable bonds is 4. The molecule has 0 aliphatic heterocycles. The molecule has 0 spiro atoms. The molecule has 6 nitrogen and oxygen atoms in total. The van der Waals surface area contributed by atoms with Crippen molar-refractivity contribution in [2.75, 3.05) is 5.75 Å². The van der Waals surface area contributed by atoms with Crippen LogP contribution < -0.4 is 0 Å². The maximum atomic E-state index is 11.4. The molecule has 2 rings (SSSR count). The van der Waals surface area contributed by atoms with Crippen molar-refractivity contribution in [3.8, 4) is 10.8 Å². The molecular weight excluding hydrogens is 282 g/mol. The Labute approximate surface area is 107 Å². The van der Waals surface area contributed by atoms with E-state index in [-0.39, 0.29) is 16.3 Å². The number of hydrogen-bond donors (Lipinski definition) is 1. The lowest BCUT2D eigenvalue weighted by atomic mass is 10.6. The third-order valence-corrected chi connectivity index (χ3v) is 4.92. The number of H-pyrrole nitrogens is 1. The number of aromatic amines is 1. The summed E-state index contributed by atoms with van der Waals surface area (Å²) in [7, 11) is -3.07. The number of nitrogens with zero attached hydrogens (tertiary/aromatic N) is 2. The first-order valence-electron chi connectivity index (χ1n) is 4.71. The normalized spacial score (nSPS) is 11.8. The van der Waals surface area contributed by atoms with Gasteiger partial charge in [-0.3, -0.25) is 0 Å². The molecule has 2 aromatic rings. The van der Waals surface area contributed by atoms with Gasteiger partial charge < -0.3 is 4.42 Å². The predicted octanol–water partition coefficient (Wildman–Crippen LogP) is 1.79. The summed E-state index contributed by atoms with van der Waals surface area (Å²) >= 11 is 5.98. The van der Waals surface area contributed by atoms with Crippen LogP contribution in [0.2, 0.25) is 0 Å². The SMILES string of the molecule is CCS(=O)(=O)Cc1ncc(-c2n[nH]c(=S)o2)s1. The van der Waals surface area contributed by atoms with Crippen molar-refractivity contribution in [3.63, 3.8) is 0 Å². The Bertz CT molecular complexity index is 667. The van der Waals surface area contributed by atoms with Gasteiger partial charge in [-0.1, -0.05) is 6.92 Å². The van der Waals surface area contributed by atoms with Gasteiger partial charge in [-0.25, -0.2) is 18.5 Å². The largest absolute Gasteiger partial charge is 0.408 e. The van der Waals surface area contributed by atoms with Gasteiger partial charge in [0.05, 0.1) is 6.20 Å². The van der Waals surface area contributed by atoms with Crippen LogP contribution in [0.5, 0.6) is 0 Å². The zero-order valence-electron chi connectivity index (χ0n) is 8.84. The monoisotopic (exact) mass is 291 g/mol. The molecule has 2 heterocycles. The second kappa shape index (κ2) is 4.67.